The van der Waals surface area contributed by atoms with Gasteiger partial charge in [0.15, 0.2) is 0 Å². The average Bonchev–Trinajstić information content (AvgIpc) is 2.92. The molecule has 7 heteroatoms. The van der Waals surface area contributed by atoms with Gasteiger partial charge in [-0.2, -0.15) is 0 Å². The van der Waals surface area contributed by atoms with Crippen LogP contribution in [0.25, 0.3) is 0 Å². The summed E-state index contributed by atoms with van der Waals surface area (Å²) in [7, 11) is 1.76. The zero-order chi connectivity index (χ0) is 16.1. The van der Waals surface area contributed by atoms with Crippen LogP contribution in [-0.2, 0) is 14.3 Å². The van der Waals surface area contributed by atoms with E-state index in [1.165, 1.54) is 0 Å². The van der Waals surface area contributed by atoms with E-state index in [1.54, 1.807) is 11.9 Å². The quantitative estimate of drug-likeness (QED) is 0.679. The number of likely N-dealkylation sites (N-methyl/N-ethyl adjacent to an activating group) is 1. The van der Waals surface area contributed by atoms with Crippen molar-refractivity contribution >= 4 is 11.8 Å². The molecule has 0 aromatic heterocycles. The predicted octanol–water partition coefficient (Wildman–Crippen LogP) is -1.03. The van der Waals surface area contributed by atoms with Crippen LogP contribution in [-0.4, -0.2) is 92.1 Å². The van der Waals surface area contributed by atoms with Crippen LogP contribution in [0.3, 0.4) is 0 Å². The summed E-state index contributed by atoms with van der Waals surface area (Å²) in [4.78, 5) is 30.3. The fourth-order valence-electron chi connectivity index (χ4n) is 2.90. The molecule has 2 unspecified atom stereocenters. The average molecular weight is 312 g/mol. The largest absolute Gasteiger partial charge is 0.379 e. The fourth-order valence-corrected chi connectivity index (χ4v) is 2.90. The molecule has 2 amide bonds. The number of likely N-dealkylation sites (tertiary alicyclic amines) is 1. The zero-order valence-electron chi connectivity index (χ0n) is 13.7. The van der Waals surface area contributed by atoms with Gasteiger partial charge >= 0.3 is 0 Å². The molecule has 2 atom stereocenters. The van der Waals surface area contributed by atoms with E-state index in [1.807, 2.05) is 11.8 Å². The number of nitrogens with zero attached hydrogens (tertiary/aromatic N) is 3. The van der Waals surface area contributed by atoms with E-state index in [9.17, 15) is 9.59 Å². The van der Waals surface area contributed by atoms with E-state index in [-0.39, 0.29) is 23.8 Å². The SMILES string of the molecule is CC(CN)N(C)C(=O)C1CC(=O)N(CCN2CCOCC2)C1. The lowest BCUT2D eigenvalue weighted by Gasteiger charge is -2.29. The Kier molecular flexibility index (Phi) is 6.16. The lowest BCUT2D eigenvalue weighted by molar-refractivity contribution is -0.136. The second-order valence-electron chi connectivity index (χ2n) is 6.23. The van der Waals surface area contributed by atoms with Crippen molar-refractivity contribution in [2.24, 2.45) is 11.7 Å². The topological polar surface area (TPSA) is 79.1 Å². The van der Waals surface area contributed by atoms with Crippen molar-refractivity contribution < 1.29 is 14.3 Å². The van der Waals surface area contributed by atoms with Gasteiger partial charge in [0.2, 0.25) is 11.8 Å². The molecule has 2 saturated heterocycles. The molecule has 0 spiro atoms. The molecule has 22 heavy (non-hydrogen) atoms. The molecule has 2 aliphatic heterocycles. The number of nitrogens with two attached hydrogens (primary N) is 1. The summed E-state index contributed by atoms with van der Waals surface area (Å²) in [6, 6.07) is 0.00463. The zero-order valence-corrected chi connectivity index (χ0v) is 13.7. The van der Waals surface area contributed by atoms with Crippen LogP contribution in [0.2, 0.25) is 0 Å². The first-order valence-electron chi connectivity index (χ1n) is 8.07. The van der Waals surface area contributed by atoms with Gasteiger partial charge in [0.25, 0.3) is 0 Å². The van der Waals surface area contributed by atoms with Gasteiger partial charge in [0.1, 0.15) is 0 Å². The number of rotatable bonds is 6. The van der Waals surface area contributed by atoms with Crippen LogP contribution in [0.15, 0.2) is 0 Å². The fraction of sp³-hybridized carbons (Fsp3) is 0.867. The summed E-state index contributed by atoms with van der Waals surface area (Å²) in [6.45, 7) is 7.79. The number of amides is 2. The molecule has 2 fully saturated rings. The Hall–Kier alpha value is -1.18. The first-order chi connectivity index (χ1) is 10.5. The smallest absolute Gasteiger partial charge is 0.228 e. The predicted molar refractivity (Wildman–Crippen MR) is 83.2 cm³/mol. The number of hydrogen-bond acceptors (Lipinski definition) is 5. The van der Waals surface area contributed by atoms with Crippen molar-refractivity contribution in [3.63, 3.8) is 0 Å². The Morgan fingerprint density at radius 1 is 1.41 bits per heavy atom. The normalized spacial score (nSPS) is 24.6. The van der Waals surface area contributed by atoms with Gasteiger partial charge in [0, 0.05) is 58.8 Å². The van der Waals surface area contributed by atoms with E-state index in [0.717, 1.165) is 32.8 Å². The van der Waals surface area contributed by atoms with E-state index in [4.69, 9.17) is 10.5 Å². The lowest BCUT2D eigenvalue weighted by atomic mass is 10.1. The highest BCUT2D eigenvalue weighted by Crippen LogP contribution is 2.20. The molecule has 2 aliphatic rings. The highest BCUT2D eigenvalue weighted by Gasteiger charge is 2.36. The van der Waals surface area contributed by atoms with E-state index in [0.29, 0.717) is 26.1 Å². The molecule has 126 valence electrons. The van der Waals surface area contributed by atoms with Gasteiger partial charge in [-0.05, 0) is 6.92 Å². The van der Waals surface area contributed by atoms with Crippen LogP contribution in [0.1, 0.15) is 13.3 Å². The molecule has 2 heterocycles. The summed E-state index contributed by atoms with van der Waals surface area (Å²) >= 11 is 0. The number of hydrogen-bond donors (Lipinski definition) is 1. The van der Waals surface area contributed by atoms with E-state index < -0.39 is 0 Å². The van der Waals surface area contributed by atoms with Gasteiger partial charge in [-0.25, -0.2) is 0 Å². The van der Waals surface area contributed by atoms with Gasteiger partial charge < -0.3 is 20.3 Å². The van der Waals surface area contributed by atoms with Gasteiger partial charge in [-0.1, -0.05) is 0 Å². The molecule has 7 nitrogen and oxygen atoms in total. The Bertz CT molecular complexity index is 398. The number of carbonyl (C=O) groups excluding carboxylic acids is 2. The molecule has 0 aliphatic carbocycles. The van der Waals surface area contributed by atoms with Gasteiger partial charge in [0.05, 0.1) is 19.1 Å². The number of ether oxygens (including phenoxy) is 1. The minimum atomic E-state index is -0.226. The highest BCUT2D eigenvalue weighted by molar-refractivity contribution is 5.89. The van der Waals surface area contributed by atoms with Gasteiger partial charge in [-0.15, -0.1) is 0 Å². The van der Waals surface area contributed by atoms with Crippen molar-refractivity contribution in [3.8, 4) is 0 Å². The molecular weight excluding hydrogens is 284 g/mol. The minimum absolute atomic E-state index is 0.00463. The number of morpholine rings is 1. The monoisotopic (exact) mass is 312 g/mol. The maximum atomic E-state index is 12.4. The summed E-state index contributed by atoms with van der Waals surface area (Å²) in [6.07, 6.45) is 0.323. The standard InChI is InChI=1S/C15H28N4O3/c1-12(10-16)17(2)15(21)13-9-14(20)19(11-13)4-3-18-5-7-22-8-6-18/h12-13H,3-11,16H2,1-2H3. The van der Waals surface area contributed by atoms with Gasteiger partial charge in [-0.3, -0.25) is 14.5 Å². The first-order valence-corrected chi connectivity index (χ1v) is 8.07. The molecule has 2 rings (SSSR count). The van der Waals surface area contributed by atoms with Crippen LogP contribution in [0, 0.1) is 5.92 Å². The van der Waals surface area contributed by atoms with Crippen LogP contribution >= 0.6 is 0 Å². The van der Waals surface area contributed by atoms with Crippen LogP contribution in [0.4, 0.5) is 0 Å². The maximum absolute atomic E-state index is 12.4. The van der Waals surface area contributed by atoms with Crippen molar-refractivity contribution in [1.82, 2.24) is 14.7 Å². The third-order valence-electron chi connectivity index (χ3n) is 4.70. The second-order valence-corrected chi connectivity index (χ2v) is 6.23. The Balaban J connectivity index is 1.81. The van der Waals surface area contributed by atoms with Crippen molar-refractivity contribution in [3.05, 3.63) is 0 Å². The van der Waals surface area contributed by atoms with E-state index >= 15 is 0 Å². The van der Waals surface area contributed by atoms with Crippen molar-refractivity contribution in [2.45, 2.75) is 19.4 Å². The summed E-state index contributed by atoms with van der Waals surface area (Å²) in [5.41, 5.74) is 5.61. The molecular formula is C15H28N4O3. The lowest BCUT2D eigenvalue weighted by Crippen LogP contribution is -2.44. The van der Waals surface area contributed by atoms with Crippen LogP contribution < -0.4 is 5.73 Å². The maximum Gasteiger partial charge on any atom is 0.228 e. The molecule has 0 aromatic rings. The Morgan fingerprint density at radius 2 is 2.09 bits per heavy atom. The Labute approximate surface area is 132 Å². The van der Waals surface area contributed by atoms with Crippen molar-refractivity contribution in [2.75, 3.05) is 59.5 Å². The first kappa shape index (κ1) is 17.2. The number of carbonyl (C=O) groups is 2. The highest BCUT2D eigenvalue weighted by atomic mass is 16.5. The van der Waals surface area contributed by atoms with E-state index in [2.05, 4.69) is 4.90 Å². The Morgan fingerprint density at radius 3 is 2.73 bits per heavy atom. The van der Waals surface area contributed by atoms with Crippen molar-refractivity contribution in [1.29, 1.82) is 0 Å². The molecule has 0 aromatic carbocycles. The molecule has 0 radical (unpaired) electrons. The summed E-state index contributed by atoms with van der Waals surface area (Å²) < 4.78 is 5.32. The molecule has 2 N–H and O–H groups in total. The third kappa shape index (κ3) is 4.18. The second kappa shape index (κ2) is 7.89. The molecule has 0 bridgehead atoms. The summed E-state index contributed by atoms with van der Waals surface area (Å²) in [5, 5.41) is 0. The summed E-state index contributed by atoms with van der Waals surface area (Å²) in [5.74, 6) is -0.114. The molecule has 0 saturated carbocycles. The van der Waals surface area contributed by atoms with Crippen LogP contribution in [0.5, 0.6) is 0 Å². The third-order valence-corrected chi connectivity index (χ3v) is 4.70. The minimum Gasteiger partial charge on any atom is -0.379 e.